The van der Waals surface area contributed by atoms with Gasteiger partial charge in [0.25, 0.3) is 0 Å². The Bertz CT molecular complexity index is 367. The van der Waals surface area contributed by atoms with Gasteiger partial charge in [-0.05, 0) is 46.5 Å². The molecule has 0 unspecified atom stereocenters. The number of aliphatic hydroxyl groups excluding tert-OH is 1. The molecule has 22 heavy (non-hydrogen) atoms. The molecular formula is C16H30N2O4. The summed E-state index contributed by atoms with van der Waals surface area (Å²) in [6.45, 7) is 9.34. The van der Waals surface area contributed by atoms with Crippen molar-refractivity contribution in [2.75, 3.05) is 32.8 Å². The Morgan fingerprint density at radius 1 is 1.32 bits per heavy atom. The number of carbonyl (C=O) groups excluding carboxylic acids is 1. The summed E-state index contributed by atoms with van der Waals surface area (Å²) in [5.74, 6) is 0. The van der Waals surface area contributed by atoms with Crippen molar-refractivity contribution in [1.29, 1.82) is 0 Å². The lowest BCUT2D eigenvalue weighted by molar-refractivity contribution is -0.0516. The third-order valence-electron chi connectivity index (χ3n) is 4.52. The molecule has 128 valence electrons. The first-order valence-corrected chi connectivity index (χ1v) is 8.28. The van der Waals surface area contributed by atoms with Crippen LogP contribution in [0.1, 0.15) is 46.5 Å². The molecule has 0 atom stereocenters. The molecule has 2 saturated heterocycles. The third-order valence-corrected chi connectivity index (χ3v) is 4.52. The van der Waals surface area contributed by atoms with Crippen molar-refractivity contribution < 1.29 is 19.4 Å². The van der Waals surface area contributed by atoms with Crippen LogP contribution in [0.3, 0.4) is 0 Å². The van der Waals surface area contributed by atoms with E-state index in [0.29, 0.717) is 6.54 Å². The number of hydrogen-bond acceptors (Lipinski definition) is 5. The number of ether oxygens (including phenoxy) is 2. The number of hydrogen-bond donors (Lipinski definition) is 2. The molecule has 0 bridgehead atoms. The van der Waals surface area contributed by atoms with E-state index in [0.717, 1.165) is 52.0 Å². The van der Waals surface area contributed by atoms with E-state index in [4.69, 9.17) is 9.47 Å². The number of nitrogens with zero attached hydrogens (tertiary/aromatic N) is 1. The van der Waals surface area contributed by atoms with Crippen molar-refractivity contribution in [2.45, 2.75) is 63.7 Å². The lowest BCUT2D eigenvalue weighted by Gasteiger charge is -2.48. The summed E-state index contributed by atoms with van der Waals surface area (Å²) in [4.78, 5) is 14.4. The second-order valence-corrected chi connectivity index (χ2v) is 7.41. The Morgan fingerprint density at radius 2 is 1.91 bits per heavy atom. The van der Waals surface area contributed by atoms with E-state index in [1.54, 1.807) is 0 Å². The Balaban J connectivity index is 1.95. The van der Waals surface area contributed by atoms with Crippen LogP contribution in [0, 0.1) is 0 Å². The third kappa shape index (κ3) is 4.83. The van der Waals surface area contributed by atoms with Gasteiger partial charge in [0.15, 0.2) is 0 Å². The Kier molecular flexibility index (Phi) is 5.69. The predicted molar refractivity (Wildman–Crippen MR) is 83.8 cm³/mol. The number of alkyl carbamates (subject to hydrolysis) is 1. The van der Waals surface area contributed by atoms with Crippen LogP contribution in [0.4, 0.5) is 4.79 Å². The zero-order chi connectivity index (χ0) is 16.2. The molecule has 0 spiro atoms. The van der Waals surface area contributed by atoms with E-state index < -0.39 is 5.60 Å². The van der Waals surface area contributed by atoms with Gasteiger partial charge < -0.3 is 19.9 Å². The van der Waals surface area contributed by atoms with Crippen LogP contribution in [-0.2, 0) is 9.47 Å². The molecule has 6 nitrogen and oxygen atoms in total. The van der Waals surface area contributed by atoms with E-state index >= 15 is 0 Å². The molecule has 0 aromatic carbocycles. The SMILES string of the molecule is CC(C)(C)OC(=O)NCC1(N2CCC(O)CC2)CCOCC1. The van der Waals surface area contributed by atoms with Crippen molar-refractivity contribution in [3.8, 4) is 0 Å². The predicted octanol–water partition coefficient (Wildman–Crippen LogP) is 1.52. The summed E-state index contributed by atoms with van der Waals surface area (Å²) < 4.78 is 10.8. The number of likely N-dealkylation sites (tertiary alicyclic amines) is 1. The molecule has 2 aliphatic rings. The van der Waals surface area contributed by atoms with Crippen LogP contribution in [0.25, 0.3) is 0 Å². The number of amides is 1. The van der Waals surface area contributed by atoms with Gasteiger partial charge in [0.2, 0.25) is 0 Å². The van der Waals surface area contributed by atoms with Crippen LogP contribution in [0.15, 0.2) is 0 Å². The largest absolute Gasteiger partial charge is 0.444 e. The lowest BCUT2D eigenvalue weighted by atomic mass is 9.86. The van der Waals surface area contributed by atoms with Crippen molar-refractivity contribution in [3.05, 3.63) is 0 Å². The first-order valence-electron chi connectivity index (χ1n) is 8.28. The molecule has 2 rings (SSSR count). The van der Waals surface area contributed by atoms with Crippen LogP contribution < -0.4 is 5.32 Å². The maximum atomic E-state index is 12.0. The van der Waals surface area contributed by atoms with Crippen molar-refractivity contribution in [2.24, 2.45) is 0 Å². The van der Waals surface area contributed by atoms with Gasteiger partial charge >= 0.3 is 6.09 Å². The maximum absolute atomic E-state index is 12.0. The maximum Gasteiger partial charge on any atom is 0.407 e. The Morgan fingerprint density at radius 3 is 2.45 bits per heavy atom. The van der Waals surface area contributed by atoms with E-state index in [1.165, 1.54) is 0 Å². The average Bonchev–Trinajstić information content (AvgIpc) is 2.45. The van der Waals surface area contributed by atoms with Gasteiger partial charge in [-0.3, -0.25) is 4.90 Å². The monoisotopic (exact) mass is 314 g/mol. The van der Waals surface area contributed by atoms with Crippen molar-refractivity contribution in [1.82, 2.24) is 10.2 Å². The second-order valence-electron chi connectivity index (χ2n) is 7.41. The fraction of sp³-hybridized carbons (Fsp3) is 0.938. The van der Waals surface area contributed by atoms with E-state index in [9.17, 15) is 9.90 Å². The van der Waals surface area contributed by atoms with Gasteiger partial charge in [-0.1, -0.05) is 0 Å². The van der Waals surface area contributed by atoms with Gasteiger partial charge in [-0.15, -0.1) is 0 Å². The normalized spacial score (nSPS) is 24.0. The minimum absolute atomic E-state index is 0.0741. The highest BCUT2D eigenvalue weighted by Gasteiger charge is 2.40. The van der Waals surface area contributed by atoms with Crippen LogP contribution in [-0.4, -0.2) is 66.2 Å². The fourth-order valence-electron chi connectivity index (χ4n) is 3.25. The molecule has 2 fully saturated rings. The summed E-state index contributed by atoms with van der Waals surface area (Å²) in [5.41, 5.74) is -0.558. The molecule has 2 heterocycles. The minimum atomic E-state index is -0.484. The number of carbonyl (C=O) groups is 1. The van der Waals surface area contributed by atoms with Crippen LogP contribution in [0.5, 0.6) is 0 Å². The van der Waals surface area contributed by atoms with Gasteiger partial charge in [0.05, 0.1) is 6.10 Å². The lowest BCUT2D eigenvalue weighted by Crippen LogP contribution is -2.60. The quantitative estimate of drug-likeness (QED) is 0.826. The van der Waals surface area contributed by atoms with Gasteiger partial charge in [-0.2, -0.15) is 0 Å². The minimum Gasteiger partial charge on any atom is -0.444 e. The van der Waals surface area contributed by atoms with Crippen molar-refractivity contribution >= 4 is 6.09 Å². The molecule has 0 radical (unpaired) electrons. The summed E-state index contributed by atoms with van der Waals surface area (Å²) >= 11 is 0. The highest BCUT2D eigenvalue weighted by atomic mass is 16.6. The Hall–Kier alpha value is -0.850. The van der Waals surface area contributed by atoms with Gasteiger partial charge in [-0.25, -0.2) is 4.79 Å². The zero-order valence-electron chi connectivity index (χ0n) is 14.1. The zero-order valence-corrected chi connectivity index (χ0v) is 14.1. The van der Waals surface area contributed by atoms with Gasteiger partial charge in [0, 0.05) is 38.4 Å². The van der Waals surface area contributed by atoms with Gasteiger partial charge in [0.1, 0.15) is 5.60 Å². The molecular weight excluding hydrogens is 284 g/mol. The number of piperidine rings is 1. The van der Waals surface area contributed by atoms with Crippen LogP contribution >= 0.6 is 0 Å². The molecule has 2 aliphatic heterocycles. The highest BCUT2D eigenvalue weighted by Crippen LogP contribution is 2.30. The number of rotatable bonds is 3. The highest BCUT2D eigenvalue weighted by molar-refractivity contribution is 5.67. The van der Waals surface area contributed by atoms with E-state index in [2.05, 4.69) is 10.2 Å². The molecule has 0 aliphatic carbocycles. The standard InChI is InChI=1S/C16H30N2O4/c1-15(2,3)22-14(20)17-12-16(6-10-21-11-7-16)18-8-4-13(19)5-9-18/h13,19H,4-12H2,1-3H3,(H,17,20). The van der Waals surface area contributed by atoms with Crippen molar-refractivity contribution in [3.63, 3.8) is 0 Å². The molecule has 0 saturated carbocycles. The summed E-state index contributed by atoms with van der Waals surface area (Å²) in [5, 5.41) is 12.7. The average molecular weight is 314 g/mol. The molecule has 6 heteroatoms. The summed E-state index contributed by atoms with van der Waals surface area (Å²) in [6, 6.07) is 0. The first kappa shape index (κ1) is 17.5. The smallest absolute Gasteiger partial charge is 0.407 e. The second kappa shape index (κ2) is 7.15. The summed E-state index contributed by atoms with van der Waals surface area (Å²) in [6.07, 6.45) is 2.85. The Labute approximate surface area is 133 Å². The first-order chi connectivity index (χ1) is 10.3. The van der Waals surface area contributed by atoms with E-state index in [-0.39, 0.29) is 17.7 Å². The topological polar surface area (TPSA) is 71.0 Å². The summed E-state index contributed by atoms with van der Waals surface area (Å²) in [7, 11) is 0. The molecule has 0 aromatic heterocycles. The van der Waals surface area contributed by atoms with E-state index in [1.807, 2.05) is 20.8 Å². The fourth-order valence-corrected chi connectivity index (χ4v) is 3.25. The molecule has 0 aromatic rings. The molecule has 2 N–H and O–H groups in total. The van der Waals surface area contributed by atoms with Crippen LogP contribution in [0.2, 0.25) is 0 Å². The molecule has 1 amide bonds. The number of aliphatic hydroxyl groups is 1. The number of nitrogens with one attached hydrogen (secondary N) is 1.